The molecule has 12 rings (SSSR count). The molecule has 0 radical (unpaired) electrons. The van der Waals surface area contributed by atoms with Crippen LogP contribution in [0.1, 0.15) is 81.2 Å². The van der Waals surface area contributed by atoms with Gasteiger partial charge in [0.2, 0.25) is 10.0 Å². The Kier molecular flexibility index (Phi) is 16.4. The Morgan fingerprint density at radius 3 is 1.52 bits per heavy atom. The van der Waals surface area contributed by atoms with E-state index in [4.69, 9.17) is 0 Å². The van der Waals surface area contributed by atoms with Gasteiger partial charge in [0.05, 0.1) is 36.4 Å². The fourth-order valence-corrected chi connectivity index (χ4v) is 16.1. The van der Waals surface area contributed by atoms with E-state index in [9.17, 15) is 69.6 Å². The zero-order valence-corrected chi connectivity index (χ0v) is 49.0. The molecule has 9 heterocycles. The van der Waals surface area contributed by atoms with Gasteiger partial charge >= 0.3 is 18.5 Å². The fraction of sp³-hybridized carbons (Fsp3) is 0.208. The largest absolute Gasteiger partial charge is 0.433 e. The quantitative estimate of drug-likeness (QED) is 0.107. The third-order valence-electron chi connectivity index (χ3n) is 14.0. The van der Waals surface area contributed by atoms with Gasteiger partial charge in [-0.3, -0.25) is 33.5 Å². The Balaban J connectivity index is 0.000000141. The van der Waals surface area contributed by atoms with Gasteiger partial charge in [-0.05, 0) is 128 Å². The molecule has 2 N–H and O–H groups in total. The topological polar surface area (TPSA) is 221 Å². The molecule has 7 aromatic rings. The van der Waals surface area contributed by atoms with Gasteiger partial charge in [-0.15, -0.1) is 0 Å². The second kappa shape index (κ2) is 22.9. The molecular weight excluding hydrogens is 1410 g/mol. The highest BCUT2D eigenvalue weighted by molar-refractivity contribution is 14.1. The first kappa shape index (κ1) is 60.3. The average molecular weight is 1450 g/mol. The van der Waals surface area contributed by atoms with Crippen LogP contribution in [0.2, 0.25) is 0 Å². The third-order valence-corrected chi connectivity index (χ3v) is 21.4. The number of aromatic amines is 1. The normalized spacial score (nSPS) is 21.1. The van der Waals surface area contributed by atoms with E-state index in [2.05, 4.69) is 58.3 Å². The van der Waals surface area contributed by atoms with Crippen molar-refractivity contribution in [2.75, 3.05) is 0 Å². The number of ketones is 1. The number of alkyl halides is 9. The standard InChI is InChI=1S/C18H14F3IN4O2S.C18H13F3N4O2S.C17H12F3IN2O3S/c19-18(20,21)16-6-5-11(9-23-16)29(27,28)26-8-7-15-13(10-24-25-15)17(26)12-3-1-2-4-14(12)22;19-18(20,21)16-6-5-10(8-22-16)28(26,27)25-15-7-14-13(9-23-24-14)17(25)12-4-2-1-3-11(12)15;18-17(19,20)16-6-5-12(10-22-16)27(25,26)23-8-7-11(24)9-15(23)13-3-1-2-4-14(13)21/h1-10,13,15,17,25H;1-6,8-9,15,17H,7H2,(H,23,24);1-8,10,15H,9H2. The lowest BCUT2D eigenvalue weighted by molar-refractivity contribution is -0.142. The smallest absolute Gasteiger partial charge is 0.303 e. The number of nitrogens with zero attached hydrogens (tertiary/aromatic N) is 8. The highest BCUT2D eigenvalue weighted by atomic mass is 127. The molecule has 5 aliphatic rings. The summed E-state index contributed by atoms with van der Waals surface area (Å²) in [5.41, 5.74) is 4.26. The predicted octanol–water partition coefficient (Wildman–Crippen LogP) is 10.7. The molecule has 2 bridgehead atoms. The van der Waals surface area contributed by atoms with Crippen LogP contribution in [0.4, 0.5) is 39.5 Å². The number of nitrogens with one attached hydrogen (secondary N) is 2. The van der Waals surface area contributed by atoms with E-state index >= 15 is 0 Å². The maximum atomic E-state index is 13.4. The van der Waals surface area contributed by atoms with E-state index in [0.29, 0.717) is 36.4 Å². The van der Waals surface area contributed by atoms with Crippen LogP contribution in [0.25, 0.3) is 0 Å². The van der Waals surface area contributed by atoms with Gasteiger partial charge in [0.15, 0.2) is 5.78 Å². The van der Waals surface area contributed by atoms with E-state index in [1.54, 1.807) is 42.8 Å². The van der Waals surface area contributed by atoms with Crippen LogP contribution in [-0.4, -0.2) is 81.4 Å². The zero-order chi connectivity index (χ0) is 60.3. The molecule has 6 atom stereocenters. The minimum Gasteiger partial charge on any atom is -0.303 e. The molecule has 31 heteroatoms. The molecular formula is C53H39F9I2N10O7S3. The summed E-state index contributed by atoms with van der Waals surface area (Å²) in [6.45, 7) is 0. The lowest BCUT2D eigenvalue weighted by atomic mass is 9.87. The summed E-state index contributed by atoms with van der Waals surface area (Å²) in [4.78, 5) is 20.7. The van der Waals surface area contributed by atoms with Gasteiger partial charge in [0.1, 0.15) is 31.8 Å². The molecule has 84 heavy (non-hydrogen) atoms. The SMILES string of the molecule is O=C1C=CN(S(=O)(=O)c2ccc(C(F)(F)F)nc2)C(c2ccccc2I)C1.O=S(=O)(c1ccc(C(F)(F)F)nc1)N1C2Cc3[nH]ncc3C1c1ccccc12.O=S(=O)(c1ccc(C(F)(F)F)nc1)N1C=CC2NN=CC2C1c1ccccc1I. The van der Waals surface area contributed by atoms with Crippen molar-refractivity contribution in [1.29, 1.82) is 0 Å². The predicted molar refractivity (Wildman–Crippen MR) is 299 cm³/mol. The van der Waals surface area contributed by atoms with Crippen molar-refractivity contribution in [2.45, 2.75) is 76.3 Å². The number of carbonyl (C=O) groups excluding carboxylic acids is 1. The van der Waals surface area contributed by atoms with E-state index in [-0.39, 0.29) is 38.9 Å². The molecule has 0 saturated heterocycles. The number of benzene rings is 3. The number of pyridine rings is 3. The number of hydrazone groups is 1. The number of rotatable bonds is 8. The van der Waals surface area contributed by atoms with Crippen LogP contribution in [0.3, 0.4) is 0 Å². The fourth-order valence-electron chi connectivity index (χ4n) is 10.1. The van der Waals surface area contributed by atoms with E-state index < -0.39 is 89.8 Å². The number of allylic oxidation sites excluding steroid dienone is 1. The first-order chi connectivity index (χ1) is 39.6. The van der Waals surface area contributed by atoms with Gasteiger partial charge in [0, 0.05) is 74.4 Å². The number of hydrogen-bond acceptors (Lipinski definition) is 13. The number of sulfonamides is 3. The van der Waals surface area contributed by atoms with E-state index in [1.165, 1.54) is 14.8 Å². The van der Waals surface area contributed by atoms with Crippen molar-refractivity contribution in [3.63, 3.8) is 0 Å². The highest BCUT2D eigenvalue weighted by Crippen LogP contribution is 2.54. The minimum absolute atomic E-state index is 0.0657. The van der Waals surface area contributed by atoms with E-state index in [0.717, 1.165) is 82.3 Å². The second-order valence-corrected chi connectivity index (χ2v) is 26.9. The first-order valence-electron chi connectivity index (χ1n) is 24.6. The van der Waals surface area contributed by atoms with Crippen LogP contribution in [-0.2, 0) is 59.8 Å². The maximum Gasteiger partial charge on any atom is 0.433 e. The van der Waals surface area contributed by atoms with Crippen LogP contribution >= 0.6 is 45.2 Å². The number of H-pyrrole nitrogens is 1. The number of fused-ring (bicyclic) bond motifs is 8. The van der Waals surface area contributed by atoms with Crippen molar-refractivity contribution in [3.8, 4) is 0 Å². The summed E-state index contributed by atoms with van der Waals surface area (Å²) >= 11 is 4.18. The lowest BCUT2D eigenvalue weighted by Crippen LogP contribution is -2.44. The van der Waals surface area contributed by atoms with Gasteiger partial charge in [-0.1, -0.05) is 60.7 Å². The van der Waals surface area contributed by atoms with Crippen molar-refractivity contribution in [3.05, 3.63) is 216 Å². The van der Waals surface area contributed by atoms with Crippen LogP contribution in [0.15, 0.2) is 178 Å². The number of carbonyl (C=O) groups is 1. The summed E-state index contributed by atoms with van der Waals surface area (Å²) in [6.07, 6.45) is -2.74. The molecule has 6 unspecified atom stereocenters. The van der Waals surface area contributed by atoms with Crippen molar-refractivity contribution >= 4 is 87.2 Å². The average Bonchev–Trinajstić information content (AvgIpc) is 2.60. The first-order valence-corrected chi connectivity index (χ1v) is 31.0. The molecule has 3 aromatic carbocycles. The molecule has 0 amide bonds. The van der Waals surface area contributed by atoms with Crippen molar-refractivity contribution < 1.29 is 69.6 Å². The highest BCUT2D eigenvalue weighted by Gasteiger charge is 2.51. The third kappa shape index (κ3) is 11.7. The molecule has 17 nitrogen and oxygen atoms in total. The zero-order valence-electron chi connectivity index (χ0n) is 42.3. The number of hydrogen-bond donors (Lipinski definition) is 2. The van der Waals surface area contributed by atoms with Crippen LogP contribution < -0.4 is 5.43 Å². The summed E-state index contributed by atoms with van der Waals surface area (Å²) < 4.78 is 199. The Bertz CT molecular complexity index is 4100. The molecule has 0 spiro atoms. The van der Waals surface area contributed by atoms with Crippen LogP contribution in [0.5, 0.6) is 0 Å². The Morgan fingerprint density at radius 2 is 1.01 bits per heavy atom. The van der Waals surface area contributed by atoms with Gasteiger partial charge < -0.3 is 5.43 Å². The Morgan fingerprint density at radius 1 is 0.524 bits per heavy atom. The molecule has 0 saturated carbocycles. The minimum atomic E-state index is -4.66. The second-order valence-electron chi connectivity index (χ2n) is 19.0. The van der Waals surface area contributed by atoms with Crippen molar-refractivity contribution in [1.82, 2.24) is 43.5 Å². The van der Waals surface area contributed by atoms with Gasteiger partial charge in [-0.2, -0.15) is 54.0 Å². The number of halogens is 11. The van der Waals surface area contributed by atoms with Crippen molar-refractivity contribution in [2.24, 2.45) is 11.0 Å². The van der Waals surface area contributed by atoms with E-state index in [1.807, 2.05) is 71.1 Å². The molecule has 0 fully saturated rings. The van der Waals surface area contributed by atoms with Gasteiger partial charge in [0.25, 0.3) is 20.0 Å². The Hall–Kier alpha value is -6.82. The summed E-state index contributed by atoms with van der Waals surface area (Å²) in [7, 11) is -12.4. The summed E-state index contributed by atoms with van der Waals surface area (Å²) in [6, 6.07) is 23.9. The maximum absolute atomic E-state index is 13.4. The Labute approximate surface area is 500 Å². The van der Waals surface area contributed by atoms with Crippen LogP contribution in [0, 0.1) is 13.1 Å². The molecule has 438 valence electrons. The van der Waals surface area contributed by atoms with Gasteiger partial charge in [-0.25, -0.2) is 25.3 Å². The molecule has 0 aliphatic carbocycles. The molecule has 5 aliphatic heterocycles. The monoisotopic (exact) mass is 1450 g/mol. The lowest BCUT2D eigenvalue weighted by Gasteiger charge is -2.38. The summed E-state index contributed by atoms with van der Waals surface area (Å²) in [5, 5.41) is 11.0. The molecule has 4 aromatic heterocycles. The number of aromatic nitrogens is 5. The summed E-state index contributed by atoms with van der Waals surface area (Å²) in [5.74, 6) is -0.509.